The molecule has 5 heteroatoms. The summed E-state index contributed by atoms with van der Waals surface area (Å²) in [7, 11) is 3.19. The summed E-state index contributed by atoms with van der Waals surface area (Å²) in [5.41, 5.74) is 2.59. The summed E-state index contributed by atoms with van der Waals surface area (Å²) in [6.45, 7) is 4.02. The second kappa shape index (κ2) is 8.06. The van der Waals surface area contributed by atoms with E-state index in [4.69, 9.17) is 21.1 Å². The van der Waals surface area contributed by atoms with E-state index in [0.29, 0.717) is 16.3 Å². The van der Waals surface area contributed by atoms with Crippen molar-refractivity contribution in [2.24, 2.45) is 0 Å². The van der Waals surface area contributed by atoms with Gasteiger partial charge in [-0.3, -0.25) is 4.79 Å². The first-order valence-corrected chi connectivity index (χ1v) is 8.16. The third kappa shape index (κ3) is 4.01. The number of nitrogens with one attached hydrogen (secondary N) is 1. The highest BCUT2D eigenvalue weighted by Crippen LogP contribution is 2.27. The first-order valence-electron chi connectivity index (χ1n) is 7.79. The fourth-order valence-corrected chi connectivity index (χ4v) is 2.85. The summed E-state index contributed by atoms with van der Waals surface area (Å²) < 4.78 is 10.4. The zero-order chi connectivity index (χ0) is 17.7. The molecular formula is C19H22ClNO3. The van der Waals surface area contributed by atoms with E-state index in [1.165, 1.54) is 0 Å². The number of amides is 1. The molecule has 4 nitrogen and oxygen atoms in total. The fourth-order valence-electron chi connectivity index (χ4n) is 2.59. The highest BCUT2D eigenvalue weighted by atomic mass is 35.5. The maximum absolute atomic E-state index is 12.5. The second-order valence-electron chi connectivity index (χ2n) is 5.51. The molecule has 1 atom stereocenters. The molecule has 0 aromatic heterocycles. The van der Waals surface area contributed by atoms with E-state index in [1.54, 1.807) is 32.4 Å². The fraction of sp³-hybridized carbons (Fsp3) is 0.316. The minimum Gasteiger partial charge on any atom is -0.496 e. The maximum atomic E-state index is 12.5. The van der Waals surface area contributed by atoms with Crippen LogP contribution in [0.25, 0.3) is 0 Å². The van der Waals surface area contributed by atoms with Crippen LogP contribution in [0.3, 0.4) is 0 Å². The number of halogens is 1. The van der Waals surface area contributed by atoms with E-state index in [0.717, 1.165) is 23.3 Å². The van der Waals surface area contributed by atoms with Gasteiger partial charge in [0.1, 0.15) is 11.5 Å². The predicted octanol–water partition coefficient (Wildman–Crippen LogP) is 4.55. The van der Waals surface area contributed by atoms with Crippen LogP contribution in [-0.2, 0) is 0 Å². The van der Waals surface area contributed by atoms with Crippen LogP contribution in [0.5, 0.6) is 11.5 Å². The topological polar surface area (TPSA) is 47.6 Å². The predicted molar refractivity (Wildman–Crippen MR) is 96.2 cm³/mol. The van der Waals surface area contributed by atoms with E-state index >= 15 is 0 Å². The lowest BCUT2D eigenvalue weighted by atomic mass is 10.0. The van der Waals surface area contributed by atoms with Crippen molar-refractivity contribution >= 4 is 17.5 Å². The third-order valence-electron chi connectivity index (χ3n) is 3.95. The molecule has 2 rings (SSSR count). The van der Waals surface area contributed by atoms with Crippen LogP contribution in [0.15, 0.2) is 36.4 Å². The van der Waals surface area contributed by atoms with Crippen molar-refractivity contribution in [3.63, 3.8) is 0 Å². The van der Waals surface area contributed by atoms with Gasteiger partial charge in [-0.05, 0) is 48.7 Å². The first kappa shape index (κ1) is 18.1. The monoisotopic (exact) mass is 347 g/mol. The quantitative estimate of drug-likeness (QED) is 0.834. The van der Waals surface area contributed by atoms with Gasteiger partial charge in [-0.25, -0.2) is 0 Å². The molecule has 1 N–H and O–H groups in total. The zero-order valence-corrected chi connectivity index (χ0v) is 15.1. The van der Waals surface area contributed by atoms with Crippen LogP contribution < -0.4 is 14.8 Å². The van der Waals surface area contributed by atoms with Gasteiger partial charge in [0.05, 0.1) is 25.3 Å². The molecule has 2 aromatic rings. The summed E-state index contributed by atoms with van der Waals surface area (Å²) in [4.78, 5) is 12.5. The van der Waals surface area contributed by atoms with Crippen LogP contribution in [0, 0.1) is 6.92 Å². The van der Waals surface area contributed by atoms with Crippen molar-refractivity contribution in [1.82, 2.24) is 5.32 Å². The van der Waals surface area contributed by atoms with E-state index in [9.17, 15) is 4.79 Å². The number of hydrogen-bond acceptors (Lipinski definition) is 3. The molecular weight excluding hydrogens is 326 g/mol. The molecule has 0 aliphatic heterocycles. The molecule has 0 heterocycles. The van der Waals surface area contributed by atoms with E-state index in [1.807, 2.05) is 32.0 Å². The number of ether oxygens (including phenoxy) is 2. The van der Waals surface area contributed by atoms with Gasteiger partial charge in [0, 0.05) is 5.56 Å². The molecule has 0 saturated heterocycles. The number of benzene rings is 2. The largest absolute Gasteiger partial charge is 0.496 e. The Balaban J connectivity index is 2.19. The van der Waals surface area contributed by atoms with Crippen molar-refractivity contribution in [2.75, 3.05) is 14.2 Å². The van der Waals surface area contributed by atoms with Gasteiger partial charge in [-0.1, -0.05) is 30.7 Å². The Morgan fingerprint density at radius 2 is 1.79 bits per heavy atom. The Morgan fingerprint density at radius 3 is 2.33 bits per heavy atom. The third-order valence-corrected chi connectivity index (χ3v) is 4.24. The van der Waals surface area contributed by atoms with Gasteiger partial charge in [0.15, 0.2) is 0 Å². The number of carbonyl (C=O) groups excluding carboxylic acids is 1. The Bertz CT molecular complexity index is 731. The number of hydrogen-bond donors (Lipinski definition) is 1. The zero-order valence-electron chi connectivity index (χ0n) is 14.4. The van der Waals surface area contributed by atoms with Crippen molar-refractivity contribution in [1.29, 1.82) is 0 Å². The van der Waals surface area contributed by atoms with Gasteiger partial charge >= 0.3 is 0 Å². The molecule has 0 fully saturated rings. The molecule has 128 valence electrons. The van der Waals surface area contributed by atoms with Crippen molar-refractivity contribution < 1.29 is 14.3 Å². The molecule has 0 aliphatic carbocycles. The minimum atomic E-state index is -0.167. The lowest BCUT2D eigenvalue weighted by Crippen LogP contribution is -2.28. The van der Waals surface area contributed by atoms with Crippen LogP contribution >= 0.6 is 11.6 Å². The highest BCUT2D eigenvalue weighted by Gasteiger charge is 2.16. The van der Waals surface area contributed by atoms with Gasteiger partial charge in [0.25, 0.3) is 5.91 Å². The summed E-state index contributed by atoms with van der Waals surface area (Å²) in [5.74, 6) is 1.22. The minimum absolute atomic E-state index is 0.0806. The van der Waals surface area contributed by atoms with E-state index < -0.39 is 0 Å². The lowest BCUT2D eigenvalue weighted by molar-refractivity contribution is 0.0935. The molecule has 0 spiro atoms. The van der Waals surface area contributed by atoms with Crippen LogP contribution in [0.1, 0.15) is 40.9 Å². The summed E-state index contributed by atoms with van der Waals surface area (Å²) in [6, 6.07) is 10.9. The van der Waals surface area contributed by atoms with Crippen molar-refractivity contribution in [3.05, 3.63) is 58.1 Å². The average molecular weight is 348 g/mol. The number of rotatable bonds is 6. The van der Waals surface area contributed by atoms with E-state index in [2.05, 4.69) is 5.32 Å². The summed E-state index contributed by atoms with van der Waals surface area (Å²) in [5, 5.41) is 3.46. The van der Waals surface area contributed by atoms with Gasteiger partial charge in [-0.2, -0.15) is 0 Å². The molecule has 2 aromatic carbocycles. The van der Waals surface area contributed by atoms with Crippen LogP contribution in [0.4, 0.5) is 0 Å². The average Bonchev–Trinajstić information content (AvgIpc) is 2.59. The molecule has 24 heavy (non-hydrogen) atoms. The normalized spacial score (nSPS) is 11.7. The van der Waals surface area contributed by atoms with Gasteiger partial charge in [-0.15, -0.1) is 0 Å². The number of carbonyl (C=O) groups is 1. The number of methoxy groups -OCH3 is 2. The first-order chi connectivity index (χ1) is 11.5. The SMILES string of the molecule is CC[C@H](NC(=O)c1ccc(OC)c(Cl)c1)c1ccc(OC)c(C)c1. The molecule has 0 unspecified atom stereocenters. The standard InChI is InChI=1S/C19H22ClNO3/c1-5-16(13-6-8-17(23-3)12(2)10-13)21-19(22)14-7-9-18(24-4)15(20)11-14/h6-11,16H,5H2,1-4H3,(H,21,22)/t16-/m0/s1. The Labute approximate surface area is 147 Å². The lowest BCUT2D eigenvalue weighted by Gasteiger charge is -2.19. The van der Waals surface area contributed by atoms with Crippen molar-refractivity contribution in [3.8, 4) is 11.5 Å². The molecule has 0 bridgehead atoms. The highest BCUT2D eigenvalue weighted by molar-refractivity contribution is 6.32. The molecule has 1 amide bonds. The van der Waals surface area contributed by atoms with Crippen LogP contribution in [0.2, 0.25) is 5.02 Å². The van der Waals surface area contributed by atoms with Crippen LogP contribution in [-0.4, -0.2) is 20.1 Å². The Kier molecular flexibility index (Phi) is 6.10. The molecule has 0 aliphatic rings. The number of aryl methyl sites for hydroxylation is 1. The Morgan fingerprint density at radius 1 is 1.12 bits per heavy atom. The summed E-state index contributed by atoms with van der Waals surface area (Å²) in [6.07, 6.45) is 0.779. The maximum Gasteiger partial charge on any atom is 0.251 e. The second-order valence-corrected chi connectivity index (χ2v) is 5.92. The molecule has 0 saturated carbocycles. The summed E-state index contributed by atoms with van der Waals surface area (Å²) >= 11 is 6.10. The van der Waals surface area contributed by atoms with Gasteiger partial charge in [0.2, 0.25) is 0 Å². The molecule has 0 radical (unpaired) electrons. The van der Waals surface area contributed by atoms with Crippen molar-refractivity contribution in [2.45, 2.75) is 26.3 Å². The van der Waals surface area contributed by atoms with Gasteiger partial charge < -0.3 is 14.8 Å². The van der Waals surface area contributed by atoms with E-state index in [-0.39, 0.29) is 11.9 Å². The Hall–Kier alpha value is -2.20. The smallest absolute Gasteiger partial charge is 0.251 e.